The van der Waals surface area contributed by atoms with Crippen molar-refractivity contribution in [1.29, 1.82) is 0 Å². The van der Waals surface area contributed by atoms with Crippen LogP contribution in [-0.2, 0) is 19.6 Å². The van der Waals surface area contributed by atoms with Gasteiger partial charge in [-0.1, -0.05) is 6.92 Å². The summed E-state index contributed by atoms with van der Waals surface area (Å²) in [7, 11) is -1.39. The molecule has 1 rings (SSSR count). The molecule has 0 amide bonds. The number of carbonyl (C=O) groups excluding carboxylic acids is 1. The third kappa shape index (κ3) is 3.67. The third-order valence-electron chi connectivity index (χ3n) is 2.74. The van der Waals surface area contributed by atoms with E-state index >= 15 is 0 Å². The van der Waals surface area contributed by atoms with Gasteiger partial charge in [0.15, 0.2) is 0 Å². The van der Waals surface area contributed by atoms with Crippen molar-refractivity contribution in [3.8, 4) is 0 Å². The van der Waals surface area contributed by atoms with Crippen molar-refractivity contribution in [2.45, 2.75) is 11.8 Å². The Morgan fingerprint density at radius 3 is 2.55 bits per heavy atom. The Bertz CT molecular complexity index is 583. The van der Waals surface area contributed by atoms with Crippen molar-refractivity contribution < 1.29 is 22.3 Å². The van der Waals surface area contributed by atoms with Crippen LogP contribution in [0.3, 0.4) is 0 Å². The number of nitrogen functional groups attached to an aromatic ring is 1. The van der Waals surface area contributed by atoms with E-state index in [1.807, 2.05) is 0 Å². The second-order valence-corrected chi connectivity index (χ2v) is 6.47. The summed E-state index contributed by atoms with van der Waals surface area (Å²) in [5, 5.41) is 0. The molecule has 0 saturated heterocycles. The van der Waals surface area contributed by atoms with Gasteiger partial charge in [-0.2, -0.15) is 0 Å². The maximum atomic E-state index is 13.2. The number of rotatable bonds is 5. The largest absolute Gasteiger partial charge is 0.469 e. The van der Waals surface area contributed by atoms with Crippen molar-refractivity contribution in [2.75, 3.05) is 26.4 Å². The maximum Gasteiger partial charge on any atom is 0.309 e. The van der Waals surface area contributed by atoms with E-state index in [1.54, 1.807) is 0 Å². The smallest absolute Gasteiger partial charge is 0.309 e. The zero-order chi connectivity index (χ0) is 15.5. The van der Waals surface area contributed by atoms with Crippen LogP contribution in [0.1, 0.15) is 6.92 Å². The van der Waals surface area contributed by atoms with Crippen LogP contribution in [0, 0.1) is 11.7 Å². The van der Waals surface area contributed by atoms with Gasteiger partial charge in [-0.25, -0.2) is 17.1 Å². The third-order valence-corrected chi connectivity index (χ3v) is 4.54. The van der Waals surface area contributed by atoms with Crippen LogP contribution in [0.5, 0.6) is 0 Å². The van der Waals surface area contributed by atoms with E-state index in [1.165, 1.54) is 21.1 Å². The van der Waals surface area contributed by atoms with E-state index in [0.29, 0.717) is 0 Å². The number of sulfonamides is 1. The molecule has 8 heteroatoms. The monoisotopic (exact) mass is 304 g/mol. The Balaban J connectivity index is 3.01. The molecular formula is C12H17FN2O4S. The van der Waals surface area contributed by atoms with Crippen LogP contribution in [0.4, 0.5) is 10.1 Å². The average Bonchev–Trinajstić information content (AvgIpc) is 2.36. The van der Waals surface area contributed by atoms with Gasteiger partial charge in [0.05, 0.1) is 17.9 Å². The van der Waals surface area contributed by atoms with Gasteiger partial charge in [-0.3, -0.25) is 4.79 Å². The SMILES string of the molecule is COC(=O)C(C)CN(C)S(=O)(=O)c1cc(N)cc(F)c1. The minimum atomic E-state index is -3.92. The molecule has 2 N–H and O–H groups in total. The molecule has 112 valence electrons. The summed E-state index contributed by atoms with van der Waals surface area (Å²) in [6, 6.07) is 3.07. The fraction of sp³-hybridized carbons (Fsp3) is 0.417. The molecule has 1 aromatic carbocycles. The number of ether oxygens (including phenoxy) is 1. The number of nitrogens with two attached hydrogens (primary N) is 1. The van der Waals surface area contributed by atoms with Crippen LogP contribution in [0.15, 0.2) is 23.1 Å². The first kappa shape index (κ1) is 16.4. The second kappa shape index (κ2) is 6.19. The van der Waals surface area contributed by atoms with Crippen molar-refractivity contribution in [3.05, 3.63) is 24.0 Å². The lowest BCUT2D eigenvalue weighted by molar-refractivity contribution is -0.144. The number of halogens is 1. The molecule has 0 spiro atoms. The lowest BCUT2D eigenvalue weighted by Crippen LogP contribution is -2.34. The lowest BCUT2D eigenvalue weighted by atomic mass is 10.2. The zero-order valence-electron chi connectivity index (χ0n) is 11.5. The fourth-order valence-electron chi connectivity index (χ4n) is 1.67. The fourth-order valence-corrected chi connectivity index (χ4v) is 3.00. The van der Waals surface area contributed by atoms with Crippen molar-refractivity contribution in [1.82, 2.24) is 4.31 Å². The molecule has 0 radical (unpaired) electrons. The van der Waals surface area contributed by atoms with E-state index < -0.39 is 27.7 Å². The van der Waals surface area contributed by atoms with Crippen LogP contribution in [0.25, 0.3) is 0 Å². The minimum absolute atomic E-state index is 0.0120. The van der Waals surface area contributed by atoms with Gasteiger partial charge in [0, 0.05) is 19.3 Å². The number of methoxy groups -OCH3 is 1. The summed E-state index contributed by atoms with van der Waals surface area (Å²) in [5.41, 5.74) is 5.44. The van der Waals surface area contributed by atoms with Gasteiger partial charge >= 0.3 is 5.97 Å². The molecule has 0 saturated carbocycles. The topological polar surface area (TPSA) is 89.7 Å². The second-order valence-electron chi connectivity index (χ2n) is 4.43. The van der Waals surface area contributed by atoms with Gasteiger partial charge in [-0.15, -0.1) is 0 Å². The molecule has 0 heterocycles. The molecule has 1 aromatic rings. The predicted octanol–water partition coefficient (Wildman–Crippen LogP) is 0.838. The maximum absolute atomic E-state index is 13.2. The van der Waals surface area contributed by atoms with Gasteiger partial charge in [0.1, 0.15) is 5.82 Å². The first-order valence-corrected chi connectivity index (χ1v) is 7.22. The number of nitrogens with zero attached hydrogens (tertiary/aromatic N) is 1. The first-order chi connectivity index (χ1) is 9.18. The molecule has 0 fully saturated rings. The summed E-state index contributed by atoms with van der Waals surface area (Å²) in [4.78, 5) is 11.0. The highest BCUT2D eigenvalue weighted by Gasteiger charge is 2.26. The number of carbonyl (C=O) groups is 1. The Hall–Kier alpha value is -1.67. The van der Waals surface area contributed by atoms with Crippen LogP contribution in [0.2, 0.25) is 0 Å². The summed E-state index contributed by atoms with van der Waals surface area (Å²) in [6.45, 7) is 1.46. The molecule has 0 aliphatic carbocycles. The zero-order valence-corrected chi connectivity index (χ0v) is 12.3. The van der Waals surface area contributed by atoms with E-state index in [4.69, 9.17) is 5.73 Å². The first-order valence-electron chi connectivity index (χ1n) is 5.78. The van der Waals surface area contributed by atoms with Gasteiger partial charge < -0.3 is 10.5 Å². The summed E-state index contributed by atoms with van der Waals surface area (Å²) >= 11 is 0. The van der Waals surface area contributed by atoms with Gasteiger partial charge in [0.2, 0.25) is 10.0 Å². The predicted molar refractivity (Wildman–Crippen MR) is 71.8 cm³/mol. The molecule has 20 heavy (non-hydrogen) atoms. The standard InChI is InChI=1S/C12H17FN2O4S/c1-8(12(16)19-3)7-15(2)20(17,18)11-5-9(13)4-10(14)6-11/h4-6,8H,7,14H2,1-3H3. The normalized spacial score (nSPS) is 13.2. The quantitative estimate of drug-likeness (QED) is 0.643. The lowest BCUT2D eigenvalue weighted by Gasteiger charge is -2.20. The molecule has 6 nitrogen and oxygen atoms in total. The average molecular weight is 304 g/mol. The van der Waals surface area contributed by atoms with Gasteiger partial charge in [0.25, 0.3) is 0 Å². The molecular weight excluding hydrogens is 287 g/mol. The van der Waals surface area contributed by atoms with Gasteiger partial charge in [-0.05, 0) is 18.2 Å². The molecule has 1 atom stereocenters. The summed E-state index contributed by atoms with van der Waals surface area (Å²) in [6.07, 6.45) is 0. The number of anilines is 1. The highest BCUT2D eigenvalue weighted by atomic mass is 32.2. The number of esters is 1. The van der Waals surface area contributed by atoms with Crippen molar-refractivity contribution >= 4 is 21.7 Å². The number of hydrogen-bond acceptors (Lipinski definition) is 5. The van der Waals surface area contributed by atoms with E-state index in [0.717, 1.165) is 22.5 Å². The molecule has 1 unspecified atom stereocenters. The van der Waals surface area contributed by atoms with Crippen LogP contribution >= 0.6 is 0 Å². The van der Waals surface area contributed by atoms with Crippen molar-refractivity contribution in [3.63, 3.8) is 0 Å². The van der Waals surface area contributed by atoms with Crippen molar-refractivity contribution in [2.24, 2.45) is 5.92 Å². The Morgan fingerprint density at radius 2 is 2.05 bits per heavy atom. The Kier molecular flexibility index (Phi) is 5.07. The highest BCUT2D eigenvalue weighted by Crippen LogP contribution is 2.20. The van der Waals surface area contributed by atoms with E-state index in [-0.39, 0.29) is 17.1 Å². The minimum Gasteiger partial charge on any atom is -0.469 e. The Morgan fingerprint density at radius 1 is 1.45 bits per heavy atom. The Labute approximate surface area is 117 Å². The van der Waals surface area contributed by atoms with Crippen LogP contribution < -0.4 is 5.73 Å². The number of hydrogen-bond donors (Lipinski definition) is 1. The molecule has 0 aromatic heterocycles. The highest BCUT2D eigenvalue weighted by molar-refractivity contribution is 7.89. The van der Waals surface area contributed by atoms with E-state index in [9.17, 15) is 17.6 Å². The van der Waals surface area contributed by atoms with E-state index in [2.05, 4.69) is 4.74 Å². The number of benzene rings is 1. The molecule has 0 aliphatic heterocycles. The molecule has 0 aliphatic rings. The van der Waals surface area contributed by atoms with Crippen LogP contribution in [-0.4, -0.2) is 39.4 Å². The summed E-state index contributed by atoms with van der Waals surface area (Å²) < 4.78 is 43.2. The molecule has 0 bridgehead atoms. The summed E-state index contributed by atoms with van der Waals surface area (Å²) in [5.74, 6) is -1.89.